The van der Waals surface area contributed by atoms with Crippen molar-refractivity contribution < 1.29 is 0 Å². The van der Waals surface area contributed by atoms with Gasteiger partial charge in [-0.05, 0) is 24.3 Å². The molecule has 0 spiro atoms. The van der Waals surface area contributed by atoms with Crippen LogP contribution in [0.2, 0.25) is 0 Å². The average Bonchev–Trinajstić information content (AvgIpc) is 2.56. The molecule has 0 atom stereocenters. The Hall–Kier alpha value is -0.820. The molecule has 0 N–H and O–H groups in total. The maximum atomic E-state index is 3.74. The molecule has 1 heteroatoms. The summed E-state index contributed by atoms with van der Waals surface area (Å²) in [5.74, 6) is 1.41. The second-order valence-electron chi connectivity index (χ2n) is 2.57. The smallest absolute Gasteiger partial charge is 0.0226 e. The molecule has 0 saturated carbocycles. The summed E-state index contributed by atoms with van der Waals surface area (Å²) in [7, 11) is 0. The Bertz CT molecular complexity index is 224. The van der Waals surface area contributed by atoms with Crippen LogP contribution in [0.5, 0.6) is 0 Å². The molecule has 0 saturated heterocycles. The highest BCUT2D eigenvalue weighted by molar-refractivity contribution is 7.10. The van der Waals surface area contributed by atoms with Gasteiger partial charge in [-0.3, -0.25) is 0 Å². The highest BCUT2D eigenvalue weighted by Gasteiger charge is 2.08. The van der Waals surface area contributed by atoms with Crippen molar-refractivity contribution in [3.8, 4) is 0 Å². The molecule has 1 aromatic rings. The fourth-order valence-electron chi connectivity index (χ4n) is 1.11. The van der Waals surface area contributed by atoms with Crippen LogP contribution < -0.4 is 0 Å². The van der Waals surface area contributed by atoms with E-state index in [1.54, 1.807) is 11.3 Å². The van der Waals surface area contributed by atoms with Gasteiger partial charge in [-0.15, -0.1) is 24.5 Å². The van der Waals surface area contributed by atoms with Crippen LogP contribution in [0.25, 0.3) is 0 Å². The zero-order valence-electron chi connectivity index (χ0n) is 7.12. The first kappa shape index (κ1) is 9.27. The molecule has 1 heterocycles. The highest BCUT2D eigenvalue weighted by Crippen LogP contribution is 2.26. The highest BCUT2D eigenvalue weighted by atomic mass is 32.1. The summed E-state index contributed by atoms with van der Waals surface area (Å²) in [6.45, 7) is 7.48. The quantitative estimate of drug-likeness (QED) is 0.600. The van der Waals surface area contributed by atoms with E-state index >= 15 is 0 Å². The summed E-state index contributed by atoms with van der Waals surface area (Å²) in [4.78, 5) is 1.36. The predicted molar refractivity (Wildman–Crippen MR) is 56.3 cm³/mol. The van der Waals surface area contributed by atoms with Crippen LogP contribution in [0.4, 0.5) is 0 Å². The van der Waals surface area contributed by atoms with Gasteiger partial charge >= 0.3 is 0 Å². The molecule has 0 aromatic carbocycles. The third kappa shape index (κ3) is 2.35. The van der Waals surface area contributed by atoms with E-state index in [1.807, 2.05) is 12.2 Å². The van der Waals surface area contributed by atoms with Crippen molar-refractivity contribution in [1.29, 1.82) is 0 Å². The van der Waals surface area contributed by atoms with Crippen LogP contribution in [-0.2, 0) is 0 Å². The molecule has 0 aliphatic heterocycles. The van der Waals surface area contributed by atoms with Crippen LogP contribution >= 0.6 is 11.3 Å². The van der Waals surface area contributed by atoms with Gasteiger partial charge in [-0.1, -0.05) is 18.2 Å². The summed E-state index contributed by atoms with van der Waals surface area (Å²) in [5, 5.41) is 2.10. The van der Waals surface area contributed by atoms with Crippen LogP contribution in [0.15, 0.2) is 42.8 Å². The molecule has 1 rings (SSSR count). The van der Waals surface area contributed by atoms with Crippen molar-refractivity contribution >= 4 is 11.3 Å². The van der Waals surface area contributed by atoms with E-state index in [0.29, 0.717) is 0 Å². The fourth-order valence-corrected chi connectivity index (χ4v) is 1.91. The molecule has 0 bridgehead atoms. The molecule has 0 amide bonds. The average molecular weight is 177 g/mol. The first-order chi connectivity index (χ1) is 5.88. The van der Waals surface area contributed by atoms with E-state index in [1.165, 1.54) is 10.8 Å². The Morgan fingerprint density at radius 1 is 1.33 bits per heavy atom. The van der Waals surface area contributed by atoms with Gasteiger partial charge in [0.2, 0.25) is 0 Å². The minimum Gasteiger partial charge on any atom is -0.148 e. The summed E-state index contributed by atoms with van der Waals surface area (Å²) in [5.41, 5.74) is 0. The molecule has 0 fully saturated rings. The maximum absolute atomic E-state index is 3.74. The lowest BCUT2D eigenvalue weighted by Crippen LogP contribution is -1.93. The monoisotopic (exact) mass is 177 g/mol. The topological polar surface area (TPSA) is 0 Å². The summed E-state index contributed by atoms with van der Waals surface area (Å²) < 4.78 is 0. The van der Waals surface area contributed by atoms with Crippen LogP contribution in [0, 0.1) is 5.92 Å². The molecule has 0 nitrogen and oxygen atoms in total. The number of hydrogen-bond donors (Lipinski definition) is 0. The Labute approximate surface area is 78.2 Å². The van der Waals surface area contributed by atoms with Crippen LogP contribution in [0.3, 0.4) is 0 Å². The first-order valence-corrected chi connectivity index (χ1v) is 4.86. The maximum Gasteiger partial charge on any atom is 0.0226 e. The van der Waals surface area contributed by atoms with Gasteiger partial charge in [0.1, 0.15) is 0 Å². The van der Waals surface area contributed by atoms with Gasteiger partial charge in [0.05, 0.1) is 0 Å². The van der Waals surface area contributed by atoms with E-state index in [2.05, 4.69) is 30.7 Å². The van der Waals surface area contributed by atoms with E-state index in [0.717, 1.165) is 12.8 Å². The Kier molecular flexibility index (Phi) is 3.81. The standard InChI is InChI=1S/C11H13S/c1-3-6-10(7-4-2)11-8-5-9-12-11/h3-5,8-9H,1-2,6-7H2. The van der Waals surface area contributed by atoms with Gasteiger partial charge in [-0.2, -0.15) is 0 Å². The predicted octanol–water partition coefficient (Wildman–Crippen LogP) is 3.82. The van der Waals surface area contributed by atoms with Gasteiger partial charge in [0.15, 0.2) is 0 Å². The molecule has 0 aliphatic rings. The zero-order chi connectivity index (χ0) is 8.81. The van der Waals surface area contributed by atoms with Crippen molar-refractivity contribution in [2.24, 2.45) is 0 Å². The lowest BCUT2D eigenvalue weighted by molar-refractivity contribution is 0.968. The molecular formula is C11H13S. The number of thiophene rings is 1. The Balaban J connectivity index is 2.65. The lowest BCUT2D eigenvalue weighted by Gasteiger charge is -2.08. The van der Waals surface area contributed by atoms with E-state index in [-0.39, 0.29) is 0 Å². The van der Waals surface area contributed by atoms with Gasteiger partial charge < -0.3 is 0 Å². The van der Waals surface area contributed by atoms with Crippen molar-refractivity contribution in [3.63, 3.8) is 0 Å². The summed E-state index contributed by atoms with van der Waals surface area (Å²) in [6.07, 6.45) is 5.82. The lowest BCUT2D eigenvalue weighted by atomic mass is 10.00. The minimum atomic E-state index is 0.965. The largest absolute Gasteiger partial charge is 0.148 e. The minimum absolute atomic E-state index is 0.965. The van der Waals surface area contributed by atoms with Gasteiger partial charge in [-0.25, -0.2) is 0 Å². The second kappa shape index (κ2) is 4.94. The Morgan fingerprint density at radius 2 is 2.00 bits per heavy atom. The van der Waals surface area contributed by atoms with Gasteiger partial charge in [0.25, 0.3) is 0 Å². The molecule has 0 aliphatic carbocycles. The van der Waals surface area contributed by atoms with Crippen LogP contribution in [-0.4, -0.2) is 0 Å². The third-order valence-electron chi connectivity index (χ3n) is 1.65. The SMILES string of the molecule is C=CC[C](CC=C)c1cccs1. The third-order valence-corrected chi connectivity index (χ3v) is 2.62. The Morgan fingerprint density at radius 3 is 2.42 bits per heavy atom. The molecule has 12 heavy (non-hydrogen) atoms. The first-order valence-electron chi connectivity index (χ1n) is 3.99. The van der Waals surface area contributed by atoms with Gasteiger partial charge in [0, 0.05) is 10.8 Å². The number of allylic oxidation sites excluding steroid dienone is 2. The van der Waals surface area contributed by atoms with E-state index in [9.17, 15) is 0 Å². The summed E-state index contributed by atoms with van der Waals surface area (Å²) in [6, 6.07) is 4.22. The number of hydrogen-bond acceptors (Lipinski definition) is 1. The second-order valence-corrected chi connectivity index (χ2v) is 3.51. The van der Waals surface area contributed by atoms with Crippen molar-refractivity contribution in [2.75, 3.05) is 0 Å². The molecular weight excluding hydrogens is 164 g/mol. The van der Waals surface area contributed by atoms with E-state index < -0.39 is 0 Å². The summed E-state index contributed by atoms with van der Waals surface area (Å²) >= 11 is 1.78. The molecule has 0 unspecified atom stereocenters. The molecule has 1 radical (unpaired) electrons. The zero-order valence-corrected chi connectivity index (χ0v) is 7.94. The number of rotatable bonds is 5. The molecule has 1 aromatic heterocycles. The van der Waals surface area contributed by atoms with Crippen molar-refractivity contribution in [1.82, 2.24) is 0 Å². The normalized spacial score (nSPS) is 10.1. The van der Waals surface area contributed by atoms with Crippen molar-refractivity contribution in [3.05, 3.63) is 53.6 Å². The van der Waals surface area contributed by atoms with Crippen molar-refractivity contribution in [2.45, 2.75) is 12.8 Å². The van der Waals surface area contributed by atoms with Crippen LogP contribution in [0.1, 0.15) is 17.7 Å². The fraction of sp³-hybridized carbons (Fsp3) is 0.182. The van der Waals surface area contributed by atoms with E-state index in [4.69, 9.17) is 0 Å². The molecule has 63 valence electrons.